The molecule has 0 bridgehead atoms. The number of piperidine rings is 1. The van der Waals surface area contributed by atoms with Crippen LogP contribution in [0.1, 0.15) is 60.9 Å². The molecule has 7 N–H and O–H groups in total. The van der Waals surface area contributed by atoms with Gasteiger partial charge in [-0.3, -0.25) is 10.3 Å². The normalized spacial score (nSPS) is 22.5. The lowest BCUT2D eigenvalue weighted by molar-refractivity contribution is -0.188. The van der Waals surface area contributed by atoms with Crippen molar-refractivity contribution in [2.24, 2.45) is 5.90 Å². The molecule has 0 saturated carbocycles. The summed E-state index contributed by atoms with van der Waals surface area (Å²) in [6.07, 6.45) is 3.47. The Kier molecular flexibility index (Phi) is 15.5. The summed E-state index contributed by atoms with van der Waals surface area (Å²) in [5.41, 5.74) is 7.29. The number of ether oxygens (including phenoxy) is 4. The van der Waals surface area contributed by atoms with E-state index in [1.165, 1.54) is 5.56 Å². The number of hydrogen-bond acceptors (Lipinski definition) is 13. The molecule has 3 aliphatic rings. The average molecular weight is 688 g/mol. The molecule has 2 fully saturated rings. The average Bonchev–Trinajstić information content (AvgIpc) is 3.57. The molecule has 1 aliphatic carbocycles. The van der Waals surface area contributed by atoms with E-state index in [1.54, 1.807) is 7.11 Å². The number of hydrogen-bond donors (Lipinski definition) is 6. The molecule has 1 spiro atoms. The summed E-state index contributed by atoms with van der Waals surface area (Å²) < 4.78 is 24.4. The number of aliphatic hydroxyl groups is 2. The van der Waals surface area contributed by atoms with E-state index in [1.807, 2.05) is 18.2 Å². The van der Waals surface area contributed by atoms with Gasteiger partial charge in [0.05, 0.1) is 56.5 Å². The summed E-state index contributed by atoms with van der Waals surface area (Å²) in [5, 5.41) is 27.7. The Morgan fingerprint density at radius 2 is 1.73 bits per heavy atom. The van der Waals surface area contributed by atoms with Crippen molar-refractivity contribution < 1.29 is 38.8 Å². The van der Waals surface area contributed by atoms with E-state index < -0.39 is 18.0 Å². The van der Waals surface area contributed by atoms with E-state index in [0.717, 1.165) is 81.5 Å². The fourth-order valence-electron chi connectivity index (χ4n) is 7.06. The van der Waals surface area contributed by atoms with Gasteiger partial charge in [-0.05, 0) is 49.4 Å². The predicted molar refractivity (Wildman–Crippen MR) is 186 cm³/mol. The predicted octanol–water partition coefficient (Wildman–Crippen LogP) is 2.20. The van der Waals surface area contributed by atoms with E-state index in [-0.39, 0.29) is 31.5 Å². The first-order valence-corrected chi connectivity index (χ1v) is 17.8. The SMILES string of the molecule is COCC(CN1CCC2(CC1)OCCO2)OC1CC[C@@H](NCC(O)CON)c2cccc(NOCC(O)CNCCCc3ccccc3)c21. The Labute approximate surface area is 290 Å². The van der Waals surface area contributed by atoms with Gasteiger partial charge in [0, 0.05) is 64.3 Å². The summed E-state index contributed by atoms with van der Waals surface area (Å²) >= 11 is 0. The number of likely N-dealkylation sites (tertiary alicyclic amines) is 1. The number of fused-ring (bicyclic) bond motifs is 1. The highest BCUT2D eigenvalue weighted by Crippen LogP contribution is 2.43. The summed E-state index contributed by atoms with van der Waals surface area (Å²) in [5.74, 6) is 4.75. The van der Waals surface area contributed by atoms with Gasteiger partial charge >= 0.3 is 0 Å². The topological polar surface area (TPSA) is 161 Å². The second-order valence-electron chi connectivity index (χ2n) is 13.3. The van der Waals surface area contributed by atoms with Crippen molar-refractivity contribution in [3.8, 4) is 0 Å². The van der Waals surface area contributed by atoms with Crippen LogP contribution in [-0.2, 0) is 35.0 Å². The van der Waals surface area contributed by atoms with E-state index in [2.05, 4.69) is 56.2 Å². The number of nitrogens with one attached hydrogen (secondary N) is 3. The molecule has 2 aromatic rings. The minimum atomic E-state index is -0.727. The Morgan fingerprint density at radius 1 is 0.959 bits per heavy atom. The molecule has 2 aliphatic heterocycles. The van der Waals surface area contributed by atoms with Gasteiger partial charge in [0.15, 0.2) is 5.79 Å². The summed E-state index contributed by atoms with van der Waals surface area (Å²) in [4.78, 5) is 12.9. The van der Waals surface area contributed by atoms with Gasteiger partial charge in [0.2, 0.25) is 0 Å². The molecule has 0 amide bonds. The third kappa shape index (κ3) is 11.6. The maximum absolute atomic E-state index is 10.6. The second-order valence-corrected chi connectivity index (χ2v) is 13.3. The van der Waals surface area contributed by atoms with Crippen molar-refractivity contribution in [3.63, 3.8) is 0 Å². The molecule has 5 atom stereocenters. The highest BCUT2D eigenvalue weighted by molar-refractivity contribution is 5.56. The fraction of sp³-hybridized carbons (Fsp3) is 0.667. The molecule has 2 heterocycles. The second kappa shape index (κ2) is 20.0. The maximum Gasteiger partial charge on any atom is 0.170 e. The fourth-order valence-corrected chi connectivity index (χ4v) is 7.06. The van der Waals surface area contributed by atoms with Crippen molar-refractivity contribution in [1.29, 1.82) is 0 Å². The molecule has 2 aromatic carbocycles. The monoisotopic (exact) mass is 687 g/mol. The zero-order valence-electron chi connectivity index (χ0n) is 28.9. The Hall–Kier alpha value is -2.24. The Morgan fingerprint density at radius 3 is 2.49 bits per heavy atom. The molecule has 274 valence electrons. The van der Waals surface area contributed by atoms with E-state index in [4.69, 9.17) is 29.7 Å². The van der Waals surface area contributed by atoms with Crippen LogP contribution in [0.2, 0.25) is 0 Å². The molecule has 13 heteroatoms. The van der Waals surface area contributed by atoms with Gasteiger partial charge in [-0.1, -0.05) is 42.5 Å². The maximum atomic E-state index is 10.6. The third-order valence-corrected chi connectivity index (χ3v) is 9.55. The van der Waals surface area contributed by atoms with Crippen LogP contribution in [-0.4, -0.2) is 119 Å². The molecule has 13 nitrogen and oxygen atoms in total. The largest absolute Gasteiger partial charge is 0.389 e. The highest BCUT2D eigenvalue weighted by atomic mass is 16.7. The number of nitrogens with zero attached hydrogens (tertiary/aromatic N) is 1. The zero-order valence-corrected chi connectivity index (χ0v) is 28.9. The molecular weight excluding hydrogens is 630 g/mol. The van der Waals surface area contributed by atoms with Crippen LogP contribution in [0, 0.1) is 0 Å². The highest BCUT2D eigenvalue weighted by Gasteiger charge is 2.40. The van der Waals surface area contributed by atoms with Crippen molar-refractivity contribution in [2.45, 2.75) is 74.8 Å². The minimum absolute atomic E-state index is 0.0136. The summed E-state index contributed by atoms with van der Waals surface area (Å²) in [6, 6.07) is 16.4. The number of aryl methyl sites for hydroxylation is 1. The van der Waals surface area contributed by atoms with Crippen molar-refractivity contribution in [1.82, 2.24) is 15.5 Å². The van der Waals surface area contributed by atoms with E-state index in [0.29, 0.717) is 32.9 Å². The van der Waals surface area contributed by atoms with Crippen molar-refractivity contribution >= 4 is 5.69 Å². The lowest BCUT2D eigenvalue weighted by Gasteiger charge is -2.40. The smallest absolute Gasteiger partial charge is 0.170 e. The summed E-state index contributed by atoms with van der Waals surface area (Å²) in [6.45, 7) is 6.02. The summed E-state index contributed by atoms with van der Waals surface area (Å²) in [7, 11) is 1.71. The van der Waals surface area contributed by atoms with Gasteiger partial charge in [-0.2, -0.15) is 0 Å². The van der Waals surface area contributed by atoms with Crippen LogP contribution < -0.4 is 22.0 Å². The zero-order chi connectivity index (χ0) is 34.3. The lowest BCUT2D eigenvalue weighted by atomic mass is 9.84. The first-order chi connectivity index (χ1) is 24.0. The van der Waals surface area contributed by atoms with Crippen LogP contribution in [0.3, 0.4) is 0 Å². The van der Waals surface area contributed by atoms with Gasteiger partial charge in [0.25, 0.3) is 0 Å². The van der Waals surface area contributed by atoms with Crippen LogP contribution in [0.4, 0.5) is 5.69 Å². The minimum Gasteiger partial charge on any atom is -0.389 e. The van der Waals surface area contributed by atoms with Crippen LogP contribution in [0.5, 0.6) is 0 Å². The number of anilines is 1. The van der Waals surface area contributed by atoms with Crippen LogP contribution in [0.15, 0.2) is 48.5 Å². The molecule has 2 saturated heterocycles. The molecule has 0 aromatic heterocycles. The lowest BCUT2D eigenvalue weighted by Crippen LogP contribution is -2.48. The van der Waals surface area contributed by atoms with Gasteiger partial charge < -0.3 is 49.5 Å². The van der Waals surface area contributed by atoms with E-state index >= 15 is 0 Å². The Balaban J connectivity index is 1.18. The van der Waals surface area contributed by atoms with Gasteiger partial charge in [-0.15, -0.1) is 0 Å². The molecule has 5 rings (SSSR count). The quantitative estimate of drug-likeness (QED) is 0.0838. The van der Waals surface area contributed by atoms with Gasteiger partial charge in [0.1, 0.15) is 6.61 Å². The number of rotatable bonds is 21. The Bertz CT molecular complexity index is 1210. The van der Waals surface area contributed by atoms with Crippen LogP contribution in [0.25, 0.3) is 0 Å². The molecule has 0 radical (unpaired) electrons. The number of benzene rings is 2. The molecule has 49 heavy (non-hydrogen) atoms. The molecular formula is C36H57N5O8. The molecule has 4 unspecified atom stereocenters. The number of methoxy groups -OCH3 is 1. The number of aliphatic hydroxyl groups excluding tert-OH is 2. The number of nitrogens with two attached hydrogens (primary N) is 1. The third-order valence-electron chi connectivity index (χ3n) is 9.55. The van der Waals surface area contributed by atoms with Gasteiger partial charge in [-0.25, -0.2) is 5.90 Å². The standard InChI is InChI=1S/C36H57N5O8/c1-44-26-30(23-41-17-14-36(15-18-41)45-19-20-46-36)49-34-13-12-32(39-22-29(43)24-47-37)31-10-5-11-33(35(31)34)40-48-25-28(42)21-38-16-6-9-27-7-3-2-4-8-27/h2-5,7-8,10-11,28-30,32,34,38-40,42-43H,6,9,12-26,37H2,1H3/t28?,29?,30?,32-,34?/m1/s1. The first-order valence-electron chi connectivity index (χ1n) is 17.8. The van der Waals surface area contributed by atoms with Crippen molar-refractivity contribution in [3.05, 3.63) is 65.2 Å². The van der Waals surface area contributed by atoms with Crippen molar-refractivity contribution in [2.75, 3.05) is 84.9 Å². The van der Waals surface area contributed by atoms with E-state index in [9.17, 15) is 10.2 Å². The van der Waals surface area contributed by atoms with Crippen LogP contribution >= 0.6 is 0 Å². The first kappa shape index (κ1) is 38.0.